The van der Waals surface area contributed by atoms with Crippen LogP contribution in [-0.2, 0) is 6.54 Å². The summed E-state index contributed by atoms with van der Waals surface area (Å²) in [6.45, 7) is 0.391. The van der Waals surface area contributed by atoms with E-state index in [2.05, 4.69) is 20.6 Å². The zero-order chi connectivity index (χ0) is 18.4. The van der Waals surface area contributed by atoms with Gasteiger partial charge >= 0.3 is 0 Å². The molecule has 2 aromatic heterocycles. The van der Waals surface area contributed by atoms with E-state index in [0.29, 0.717) is 12.2 Å². The Balaban J connectivity index is 1.59. The average molecular weight is 350 g/mol. The minimum absolute atomic E-state index is 0.0278. The molecule has 0 saturated carbocycles. The van der Waals surface area contributed by atoms with Crippen molar-refractivity contribution in [1.29, 1.82) is 0 Å². The van der Waals surface area contributed by atoms with Gasteiger partial charge in [-0.3, -0.25) is 24.6 Å². The largest absolute Gasteiger partial charge is 0.291 e. The number of nitro benzene ring substituents is 1. The summed E-state index contributed by atoms with van der Waals surface area (Å²) < 4.78 is 1.57. The summed E-state index contributed by atoms with van der Waals surface area (Å²) in [5.74, 6) is -0.445. The van der Waals surface area contributed by atoms with Gasteiger partial charge in [0.2, 0.25) is 0 Å². The third kappa shape index (κ3) is 4.35. The molecule has 0 aliphatic carbocycles. The second kappa shape index (κ2) is 7.79. The molecule has 26 heavy (non-hydrogen) atoms. The van der Waals surface area contributed by atoms with Crippen LogP contribution in [0.2, 0.25) is 0 Å². The molecule has 9 heteroatoms. The zero-order valence-corrected chi connectivity index (χ0v) is 13.5. The van der Waals surface area contributed by atoms with E-state index in [9.17, 15) is 14.9 Å². The van der Waals surface area contributed by atoms with Gasteiger partial charge in [-0.05, 0) is 23.8 Å². The minimum Gasteiger partial charge on any atom is -0.268 e. The summed E-state index contributed by atoms with van der Waals surface area (Å²) in [6.07, 6.45) is 4.72. The minimum atomic E-state index is -0.453. The van der Waals surface area contributed by atoms with Crippen molar-refractivity contribution in [1.82, 2.24) is 20.2 Å². The van der Waals surface area contributed by atoms with E-state index in [4.69, 9.17) is 0 Å². The standard InChI is InChI=1S/C17H14N6O3/c24-17(20-19-11-14-3-1-2-9-18-14)16-8-10-22(21-16)12-13-4-6-15(7-5-13)23(25)26/h1-11H,12H2,(H,20,24)/b19-11+. The van der Waals surface area contributed by atoms with Crippen LogP contribution in [-0.4, -0.2) is 31.8 Å². The molecule has 130 valence electrons. The lowest BCUT2D eigenvalue weighted by Gasteiger charge is -2.01. The van der Waals surface area contributed by atoms with Gasteiger partial charge in [0.05, 0.1) is 23.4 Å². The van der Waals surface area contributed by atoms with Crippen LogP contribution in [0, 0.1) is 10.1 Å². The van der Waals surface area contributed by atoms with E-state index in [-0.39, 0.29) is 11.4 Å². The second-order valence-electron chi connectivity index (χ2n) is 5.28. The number of nitrogens with one attached hydrogen (secondary N) is 1. The molecule has 2 heterocycles. The first-order valence-electron chi connectivity index (χ1n) is 7.63. The number of pyridine rings is 1. The molecule has 0 unspecified atom stereocenters. The lowest BCUT2D eigenvalue weighted by atomic mass is 10.2. The number of rotatable bonds is 6. The van der Waals surface area contributed by atoms with E-state index in [1.165, 1.54) is 18.3 Å². The topological polar surface area (TPSA) is 115 Å². The van der Waals surface area contributed by atoms with Crippen molar-refractivity contribution in [3.63, 3.8) is 0 Å². The number of hydrazone groups is 1. The summed E-state index contributed by atoms with van der Waals surface area (Å²) in [4.78, 5) is 26.3. The lowest BCUT2D eigenvalue weighted by Crippen LogP contribution is -2.18. The fourth-order valence-electron chi connectivity index (χ4n) is 2.15. The Hall–Kier alpha value is -3.88. The number of nitro groups is 1. The molecule has 0 radical (unpaired) electrons. The molecule has 0 aliphatic rings. The number of carbonyl (C=O) groups is 1. The summed E-state index contributed by atoms with van der Waals surface area (Å²) >= 11 is 0. The molecule has 0 saturated heterocycles. The predicted octanol–water partition coefficient (Wildman–Crippen LogP) is 2.00. The van der Waals surface area contributed by atoms with Crippen LogP contribution in [0.3, 0.4) is 0 Å². The van der Waals surface area contributed by atoms with E-state index in [0.717, 1.165) is 5.56 Å². The van der Waals surface area contributed by atoms with E-state index >= 15 is 0 Å². The van der Waals surface area contributed by atoms with Crippen LogP contribution in [0.4, 0.5) is 5.69 Å². The van der Waals surface area contributed by atoms with Gasteiger partial charge in [0, 0.05) is 24.5 Å². The Morgan fingerprint density at radius 1 is 1.23 bits per heavy atom. The number of non-ortho nitro benzene ring substituents is 1. The van der Waals surface area contributed by atoms with Gasteiger partial charge in [0.1, 0.15) is 0 Å². The van der Waals surface area contributed by atoms with Crippen LogP contribution in [0.15, 0.2) is 66.0 Å². The van der Waals surface area contributed by atoms with Gasteiger partial charge in [-0.25, -0.2) is 5.43 Å². The zero-order valence-electron chi connectivity index (χ0n) is 13.5. The number of hydrogen-bond donors (Lipinski definition) is 1. The van der Waals surface area contributed by atoms with Crippen molar-refractivity contribution < 1.29 is 9.72 Å². The highest BCUT2D eigenvalue weighted by molar-refractivity contribution is 5.92. The SMILES string of the molecule is O=C(N/N=C/c1ccccn1)c1ccn(Cc2ccc([N+](=O)[O-])cc2)n1. The van der Waals surface area contributed by atoms with Crippen molar-refractivity contribution >= 4 is 17.8 Å². The van der Waals surface area contributed by atoms with Crippen LogP contribution >= 0.6 is 0 Å². The molecule has 1 N–H and O–H groups in total. The lowest BCUT2D eigenvalue weighted by molar-refractivity contribution is -0.384. The number of hydrogen-bond acceptors (Lipinski definition) is 6. The van der Waals surface area contributed by atoms with Crippen LogP contribution in [0.1, 0.15) is 21.7 Å². The summed E-state index contributed by atoms with van der Waals surface area (Å²) in [7, 11) is 0. The Bertz CT molecular complexity index is 935. The molecule has 1 amide bonds. The molecule has 0 aliphatic heterocycles. The normalized spacial score (nSPS) is 10.8. The van der Waals surface area contributed by atoms with Gasteiger partial charge < -0.3 is 0 Å². The van der Waals surface area contributed by atoms with Gasteiger partial charge in [-0.15, -0.1) is 0 Å². The highest BCUT2D eigenvalue weighted by atomic mass is 16.6. The molecular weight excluding hydrogens is 336 g/mol. The van der Waals surface area contributed by atoms with Crippen LogP contribution in [0.5, 0.6) is 0 Å². The average Bonchev–Trinajstić information content (AvgIpc) is 3.11. The van der Waals surface area contributed by atoms with Gasteiger partial charge in [0.15, 0.2) is 5.69 Å². The summed E-state index contributed by atoms with van der Waals surface area (Å²) in [5.41, 5.74) is 4.08. The molecule has 0 atom stereocenters. The molecule has 3 aromatic rings. The van der Waals surface area contributed by atoms with Crippen molar-refractivity contribution in [3.05, 3.63) is 88.0 Å². The first-order chi connectivity index (χ1) is 12.6. The summed E-state index contributed by atoms with van der Waals surface area (Å²) in [5, 5.41) is 18.7. The monoisotopic (exact) mass is 350 g/mol. The molecule has 3 rings (SSSR count). The third-order valence-electron chi connectivity index (χ3n) is 3.42. The number of benzene rings is 1. The fraction of sp³-hybridized carbons (Fsp3) is 0.0588. The van der Waals surface area contributed by atoms with Crippen molar-refractivity contribution in [2.45, 2.75) is 6.54 Å². The predicted molar refractivity (Wildman–Crippen MR) is 93.7 cm³/mol. The first-order valence-corrected chi connectivity index (χ1v) is 7.63. The Morgan fingerprint density at radius 2 is 2.04 bits per heavy atom. The van der Waals surface area contributed by atoms with E-state index in [1.807, 2.05) is 6.07 Å². The van der Waals surface area contributed by atoms with Gasteiger partial charge in [0.25, 0.3) is 11.6 Å². The molecule has 0 bridgehead atoms. The van der Waals surface area contributed by atoms with Crippen LogP contribution in [0.25, 0.3) is 0 Å². The van der Waals surface area contributed by atoms with Crippen molar-refractivity contribution in [2.24, 2.45) is 5.10 Å². The smallest absolute Gasteiger partial charge is 0.268 e. The Labute approximate surface area is 148 Å². The van der Waals surface area contributed by atoms with Gasteiger partial charge in [-0.1, -0.05) is 18.2 Å². The highest BCUT2D eigenvalue weighted by Gasteiger charge is 2.09. The maximum Gasteiger partial charge on any atom is 0.291 e. The maximum atomic E-state index is 12.0. The maximum absolute atomic E-state index is 12.0. The quantitative estimate of drug-likeness (QED) is 0.415. The van der Waals surface area contributed by atoms with Gasteiger partial charge in [-0.2, -0.15) is 10.2 Å². The molecule has 0 fully saturated rings. The second-order valence-corrected chi connectivity index (χ2v) is 5.28. The first kappa shape index (κ1) is 17.0. The highest BCUT2D eigenvalue weighted by Crippen LogP contribution is 2.12. The number of nitrogens with zero attached hydrogens (tertiary/aromatic N) is 5. The molecule has 1 aromatic carbocycles. The summed E-state index contributed by atoms with van der Waals surface area (Å²) in [6, 6.07) is 13.1. The number of carbonyl (C=O) groups excluding carboxylic acids is 1. The van der Waals surface area contributed by atoms with Crippen molar-refractivity contribution in [3.8, 4) is 0 Å². The number of aromatic nitrogens is 3. The molecule has 0 spiro atoms. The Morgan fingerprint density at radius 3 is 2.73 bits per heavy atom. The Kier molecular flexibility index (Phi) is 5.08. The third-order valence-corrected chi connectivity index (χ3v) is 3.42. The van der Waals surface area contributed by atoms with E-state index in [1.54, 1.807) is 47.4 Å². The molecular formula is C17H14N6O3. The van der Waals surface area contributed by atoms with Crippen LogP contribution < -0.4 is 5.43 Å². The van der Waals surface area contributed by atoms with Crippen molar-refractivity contribution in [2.75, 3.05) is 0 Å². The molecule has 9 nitrogen and oxygen atoms in total. The van der Waals surface area contributed by atoms with E-state index < -0.39 is 10.8 Å². The number of amides is 1. The fourth-order valence-corrected chi connectivity index (χ4v) is 2.15.